The number of nitrogens with two attached hydrogens (primary N) is 1. The maximum Gasteiger partial charge on any atom is 0.233 e. The molecule has 3 aliphatic rings. The zero-order chi connectivity index (χ0) is 21.5. The number of likely N-dealkylation sites (tertiary alicyclic amines) is 1. The Morgan fingerprint density at radius 3 is 2.70 bits per heavy atom. The average Bonchev–Trinajstić information content (AvgIpc) is 3.09. The Morgan fingerprint density at radius 1 is 1.37 bits per heavy atom. The third kappa shape index (κ3) is 3.98. The number of hydrogen-bond acceptors (Lipinski definition) is 6. The number of rotatable bonds is 3. The molecule has 0 amide bonds. The normalized spacial score (nSPS) is 26.3. The predicted octanol–water partition coefficient (Wildman–Crippen LogP) is 1.24. The Kier molecular flexibility index (Phi) is 5.39. The second-order valence-corrected chi connectivity index (χ2v) is 10.6. The molecular formula is C20H29N5O4S. The monoisotopic (exact) mass is 435 g/mol. The third-order valence-electron chi connectivity index (χ3n) is 6.59. The molecule has 3 N–H and O–H groups in total. The van der Waals surface area contributed by atoms with Gasteiger partial charge in [-0.25, -0.2) is 8.42 Å². The van der Waals surface area contributed by atoms with E-state index in [1.165, 1.54) is 10.6 Å². The van der Waals surface area contributed by atoms with E-state index < -0.39 is 10.0 Å². The minimum atomic E-state index is -3.16. The van der Waals surface area contributed by atoms with Gasteiger partial charge in [-0.15, -0.1) is 0 Å². The molecule has 4 rings (SSSR count). The van der Waals surface area contributed by atoms with E-state index in [0.29, 0.717) is 25.4 Å². The van der Waals surface area contributed by atoms with Crippen molar-refractivity contribution in [2.24, 2.45) is 16.8 Å². The van der Waals surface area contributed by atoms with Crippen LogP contribution in [0.2, 0.25) is 0 Å². The van der Waals surface area contributed by atoms with E-state index in [2.05, 4.69) is 23.1 Å². The Bertz CT molecular complexity index is 985. The van der Waals surface area contributed by atoms with Crippen LogP contribution in [0.4, 0.5) is 0 Å². The molecule has 4 heterocycles. The van der Waals surface area contributed by atoms with Crippen molar-refractivity contribution in [1.29, 1.82) is 0 Å². The molecule has 1 atom stereocenters. The smallest absolute Gasteiger partial charge is 0.233 e. The van der Waals surface area contributed by atoms with Gasteiger partial charge in [-0.1, -0.05) is 11.2 Å². The SMILES string of the molecule is CC1(C2CCN(C(N)=NO)CC2)Cc2cc(C3=CCN(S(C)(=O)=O)CC3)ncc2O1. The van der Waals surface area contributed by atoms with E-state index in [1.807, 2.05) is 11.0 Å². The van der Waals surface area contributed by atoms with Crippen molar-refractivity contribution in [3.05, 3.63) is 29.6 Å². The second kappa shape index (κ2) is 7.73. The van der Waals surface area contributed by atoms with Crippen molar-refractivity contribution in [2.75, 3.05) is 32.4 Å². The zero-order valence-electron chi connectivity index (χ0n) is 17.4. The number of guanidine groups is 1. The Morgan fingerprint density at radius 2 is 2.10 bits per heavy atom. The summed E-state index contributed by atoms with van der Waals surface area (Å²) in [7, 11) is -3.16. The lowest BCUT2D eigenvalue weighted by molar-refractivity contribution is 0.0205. The highest BCUT2D eigenvalue weighted by atomic mass is 32.2. The van der Waals surface area contributed by atoms with Crippen molar-refractivity contribution in [3.8, 4) is 5.75 Å². The molecule has 1 aromatic heterocycles. The molecule has 1 unspecified atom stereocenters. The van der Waals surface area contributed by atoms with Crippen LogP contribution in [-0.2, 0) is 16.4 Å². The van der Waals surface area contributed by atoms with Crippen molar-refractivity contribution in [3.63, 3.8) is 0 Å². The number of nitrogens with zero attached hydrogens (tertiary/aromatic N) is 4. The third-order valence-corrected chi connectivity index (χ3v) is 7.86. The standard InChI is InChI=1S/C20H29N5O4S/c1-20(16-5-7-24(8-6-16)19(21)23-26)12-15-11-17(22-13-18(15)29-20)14-3-9-25(10-4-14)30(2,27)28/h3,11,13,16,26H,4-10,12H2,1-2H3,(H2,21,23). The van der Waals surface area contributed by atoms with E-state index in [9.17, 15) is 8.42 Å². The van der Waals surface area contributed by atoms with Crippen LogP contribution in [0, 0.1) is 5.92 Å². The first-order valence-electron chi connectivity index (χ1n) is 10.2. The summed E-state index contributed by atoms with van der Waals surface area (Å²) in [6.45, 7) is 4.50. The topological polar surface area (TPSA) is 121 Å². The van der Waals surface area contributed by atoms with Gasteiger partial charge in [-0.2, -0.15) is 4.31 Å². The first-order chi connectivity index (χ1) is 14.2. The molecule has 0 aliphatic carbocycles. The van der Waals surface area contributed by atoms with Gasteiger partial charge >= 0.3 is 0 Å². The first-order valence-corrected chi connectivity index (χ1v) is 12.1. The Labute approximate surface area is 177 Å². The van der Waals surface area contributed by atoms with E-state index in [4.69, 9.17) is 15.7 Å². The van der Waals surface area contributed by atoms with Gasteiger partial charge in [0.1, 0.15) is 11.4 Å². The summed E-state index contributed by atoms with van der Waals surface area (Å²) < 4.78 is 31.3. The van der Waals surface area contributed by atoms with E-state index in [1.54, 1.807) is 6.20 Å². The molecule has 0 bridgehead atoms. The molecule has 1 aromatic rings. The maximum absolute atomic E-state index is 11.7. The Hall–Kier alpha value is -2.33. The van der Waals surface area contributed by atoms with E-state index in [-0.39, 0.29) is 11.6 Å². The fourth-order valence-corrected chi connectivity index (χ4v) is 5.52. The van der Waals surface area contributed by atoms with Crippen LogP contribution in [0.15, 0.2) is 23.5 Å². The largest absolute Gasteiger partial charge is 0.485 e. The summed E-state index contributed by atoms with van der Waals surface area (Å²) in [5.41, 5.74) is 8.54. The molecular weight excluding hydrogens is 406 g/mol. The number of hydrogen-bond donors (Lipinski definition) is 2. The molecule has 30 heavy (non-hydrogen) atoms. The van der Waals surface area contributed by atoms with Gasteiger partial charge in [0, 0.05) is 44.1 Å². The number of oxime groups is 1. The molecule has 164 valence electrons. The van der Waals surface area contributed by atoms with Crippen LogP contribution in [0.1, 0.15) is 37.4 Å². The summed E-state index contributed by atoms with van der Waals surface area (Å²) in [4.78, 5) is 6.47. The Balaban J connectivity index is 1.45. The minimum Gasteiger partial charge on any atom is -0.485 e. The quantitative estimate of drug-likeness (QED) is 0.317. The summed E-state index contributed by atoms with van der Waals surface area (Å²) in [5.74, 6) is 1.36. The number of piperidine rings is 1. The predicted molar refractivity (Wildman–Crippen MR) is 114 cm³/mol. The van der Waals surface area contributed by atoms with Gasteiger partial charge < -0.3 is 20.6 Å². The average molecular weight is 436 g/mol. The fourth-order valence-electron chi connectivity index (χ4n) is 4.75. The van der Waals surface area contributed by atoms with E-state index in [0.717, 1.165) is 54.9 Å². The molecule has 0 saturated carbocycles. The van der Waals surface area contributed by atoms with Crippen molar-refractivity contribution >= 4 is 21.6 Å². The lowest BCUT2D eigenvalue weighted by Crippen LogP contribution is -2.49. The highest BCUT2D eigenvalue weighted by Gasteiger charge is 2.43. The summed E-state index contributed by atoms with van der Waals surface area (Å²) >= 11 is 0. The van der Waals surface area contributed by atoms with Gasteiger partial charge in [0.25, 0.3) is 0 Å². The van der Waals surface area contributed by atoms with Gasteiger partial charge in [-0.3, -0.25) is 4.98 Å². The first kappa shape index (κ1) is 20.9. The van der Waals surface area contributed by atoms with Crippen LogP contribution in [0.3, 0.4) is 0 Å². The maximum atomic E-state index is 11.7. The van der Waals surface area contributed by atoms with Gasteiger partial charge in [0.05, 0.1) is 18.1 Å². The molecule has 3 aliphatic heterocycles. The van der Waals surface area contributed by atoms with Crippen molar-refractivity contribution in [2.45, 2.75) is 38.2 Å². The summed E-state index contributed by atoms with van der Waals surface area (Å²) in [6.07, 6.45) is 8.29. The molecule has 0 aromatic carbocycles. The highest BCUT2D eigenvalue weighted by Crippen LogP contribution is 2.43. The number of fused-ring (bicyclic) bond motifs is 1. The lowest BCUT2D eigenvalue weighted by atomic mass is 9.79. The van der Waals surface area contributed by atoms with Gasteiger partial charge in [-0.05, 0) is 37.8 Å². The minimum absolute atomic E-state index is 0.165. The number of ether oxygens (including phenoxy) is 1. The number of pyridine rings is 1. The fraction of sp³-hybridized carbons (Fsp3) is 0.600. The summed E-state index contributed by atoms with van der Waals surface area (Å²) in [5, 5.41) is 12.0. The molecule has 1 saturated heterocycles. The summed E-state index contributed by atoms with van der Waals surface area (Å²) in [6, 6.07) is 2.09. The highest BCUT2D eigenvalue weighted by molar-refractivity contribution is 7.88. The second-order valence-electron chi connectivity index (χ2n) is 8.59. The van der Waals surface area contributed by atoms with Crippen molar-refractivity contribution in [1.82, 2.24) is 14.2 Å². The molecule has 9 nitrogen and oxygen atoms in total. The van der Waals surface area contributed by atoms with Crippen LogP contribution in [-0.4, -0.2) is 71.8 Å². The van der Waals surface area contributed by atoms with Crippen LogP contribution < -0.4 is 10.5 Å². The lowest BCUT2D eigenvalue weighted by Gasteiger charge is -2.40. The molecule has 0 spiro atoms. The van der Waals surface area contributed by atoms with Crippen molar-refractivity contribution < 1.29 is 18.4 Å². The number of sulfonamides is 1. The van der Waals surface area contributed by atoms with Crippen LogP contribution in [0.25, 0.3) is 5.57 Å². The van der Waals surface area contributed by atoms with Crippen LogP contribution >= 0.6 is 0 Å². The van der Waals surface area contributed by atoms with Gasteiger partial charge in [0.2, 0.25) is 16.0 Å². The van der Waals surface area contributed by atoms with Crippen LogP contribution in [0.5, 0.6) is 5.75 Å². The molecule has 10 heteroatoms. The molecule has 0 radical (unpaired) electrons. The van der Waals surface area contributed by atoms with Gasteiger partial charge in [0.15, 0.2) is 0 Å². The molecule has 1 fully saturated rings. The number of aromatic nitrogens is 1. The van der Waals surface area contributed by atoms with E-state index >= 15 is 0 Å². The zero-order valence-corrected chi connectivity index (χ0v) is 18.2.